The highest BCUT2D eigenvalue weighted by molar-refractivity contribution is 6.02. The predicted octanol–water partition coefficient (Wildman–Crippen LogP) is 3.52. The normalized spacial score (nSPS) is 15.8. The summed E-state index contributed by atoms with van der Waals surface area (Å²) >= 11 is 0. The SMILES string of the molecule is Cc1c(-c2ccccc2)nn2c1NC(=O)C[C@@H]2C(=O)Nc1ccccc1F. The van der Waals surface area contributed by atoms with E-state index in [1.165, 1.54) is 16.8 Å². The van der Waals surface area contributed by atoms with Gasteiger partial charge in [0.05, 0.1) is 17.8 Å². The molecule has 1 aliphatic rings. The summed E-state index contributed by atoms with van der Waals surface area (Å²) in [5.41, 5.74) is 2.43. The number of hydrogen-bond donors (Lipinski definition) is 2. The zero-order valence-electron chi connectivity index (χ0n) is 14.6. The molecule has 0 spiro atoms. The number of halogens is 1. The molecule has 27 heavy (non-hydrogen) atoms. The van der Waals surface area contributed by atoms with Crippen molar-refractivity contribution in [3.63, 3.8) is 0 Å². The summed E-state index contributed by atoms with van der Waals surface area (Å²) < 4.78 is 15.4. The summed E-state index contributed by atoms with van der Waals surface area (Å²) in [7, 11) is 0. The zero-order valence-corrected chi connectivity index (χ0v) is 14.6. The van der Waals surface area contributed by atoms with Crippen LogP contribution in [0.1, 0.15) is 18.0 Å². The van der Waals surface area contributed by atoms with Crippen LogP contribution in [-0.4, -0.2) is 21.6 Å². The van der Waals surface area contributed by atoms with Gasteiger partial charge in [-0.2, -0.15) is 5.10 Å². The minimum absolute atomic E-state index is 0.0668. The number of amides is 2. The Bertz CT molecular complexity index is 1030. The molecule has 0 bridgehead atoms. The fourth-order valence-electron chi connectivity index (χ4n) is 3.19. The van der Waals surface area contributed by atoms with Gasteiger partial charge in [-0.25, -0.2) is 9.07 Å². The molecule has 1 atom stereocenters. The van der Waals surface area contributed by atoms with Crippen molar-refractivity contribution in [1.29, 1.82) is 0 Å². The minimum Gasteiger partial charge on any atom is -0.322 e. The lowest BCUT2D eigenvalue weighted by atomic mass is 10.1. The van der Waals surface area contributed by atoms with Gasteiger partial charge in [-0.05, 0) is 19.1 Å². The largest absolute Gasteiger partial charge is 0.322 e. The number of para-hydroxylation sites is 1. The van der Waals surface area contributed by atoms with Crippen LogP contribution in [0.15, 0.2) is 54.6 Å². The molecular formula is C20H17FN4O2. The molecule has 2 amide bonds. The summed E-state index contributed by atoms with van der Waals surface area (Å²) in [6, 6.07) is 14.6. The van der Waals surface area contributed by atoms with E-state index < -0.39 is 17.8 Å². The Morgan fingerprint density at radius 1 is 1.19 bits per heavy atom. The molecule has 136 valence electrons. The first-order chi connectivity index (χ1) is 13.0. The molecule has 1 aromatic heterocycles. The Kier molecular flexibility index (Phi) is 4.19. The van der Waals surface area contributed by atoms with Crippen molar-refractivity contribution in [2.24, 2.45) is 0 Å². The molecule has 1 aliphatic heterocycles. The second-order valence-electron chi connectivity index (χ2n) is 6.37. The van der Waals surface area contributed by atoms with E-state index in [0.717, 1.165) is 11.1 Å². The average molecular weight is 364 g/mol. The smallest absolute Gasteiger partial charge is 0.249 e. The van der Waals surface area contributed by atoms with Gasteiger partial charge in [0.2, 0.25) is 11.8 Å². The molecule has 2 heterocycles. The van der Waals surface area contributed by atoms with Gasteiger partial charge in [0.15, 0.2) is 0 Å². The number of anilines is 2. The molecule has 0 fully saturated rings. The Hall–Kier alpha value is -3.48. The molecule has 3 aromatic rings. The Morgan fingerprint density at radius 3 is 2.63 bits per heavy atom. The first kappa shape index (κ1) is 17.0. The Labute approximate surface area is 155 Å². The van der Waals surface area contributed by atoms with Gasteiger partial charge in [-0.1, -0.05) is 42.5 Å². The van der Waals surface area contributed by atoms with Gasteiger partial charge < -0.3 is 10.6 Å². The highest BCUT2D eigenvalue weighted by Gasteiger charge is 2.34. The summed E-state index contributed by atoms with van der Waals surface area (Å²) in [5, 5.41) is 9.91. The van der Waals surface area contributed by atoms with Gasteiger partial charge in [-0.3, -0.25) is 9.59 Å². The van der Waals surface area contributed by atoms with Gasteiger partial charge in [-0.15, -0.1) is 0 Å². The van der Waals surface area contributed by atoms with Crippen molar-refractivity contribution in [2.75, 3.05) is 10.6 Å². The van der Waals surface area contributed by atoms with Crippen LogP contribution in [0, 0.1) is 12.7 Å². The number of carbonyl (C=O) groups excluding carboxylic acids is 2. The van der Waals surface area contributed by atoms with Crippen LogP contribution in [0.25, 0.3) is 11.3 Å². The maximum atomic E-state index is 13.9. The number of nitrogens with one attached hydrogen (secondary N) is 2. The molecule has 2 aromatic carbocycles. The lowest BCUT2D eigenvalue weighted by Gasteiger charge is -2.24. The summed E-state index contributed by atoms with van der Waals surface area (Å²) in [6.07, 6.45) is -0.0668. The predicted molar refractivity (Wildman–Crippen MR) is 99.7 cm³/mol. The van der Waals surface area contributed by atoms with Crippen molar-refractivity contribution in [3.8, 4) is 11.3 Å². The quantitative estimate of drug-likeness (QED) is 0.747. The first-order valence-corrected chi connectivity index (χ1v) is 8.54. The third kappa shape index (κ3) is 3.08. The third-order valence-electron chi connectivity index (χ3n) is 4.56. The van der Waals surface area contributed by atoms with Crippen molar-refractivity contribution >= 4 is 23.3 Å². The van der Waals surface area contributed by atoms with Crippen LogP contribution in [-0.2, 0) is 9.59 Å². The number of fused-ring (bicyclic) bond motifs is 1. The molecule has 7 heteroatoms. The number of carbonyl (C=O) groups is 2. The summed E-state index contributed by atoms with van der Waals surface area (Å²) in [5.74, 6) is -0.816. The van der Waals surface area contributed by atoms with Crippen LogP contribution >= 0.6 is 0 Å². The second-order valence-corrected chi connectivity index (χ2v) is 6.37. The topological polar surface area (TPSA) is 76.0 Å². The van der Waals surface area contributed by atoms with Crippen molar-refractivity contribution < 1.29 is 14.0 Å². The van der Waals surface area contributed by atoms with Gasteiger partial charge in [0, 0.05) is 11.1 Å². The lowest BCUT2D eigenvalue weighted by molar-refractivity contribution is -0.125. The van der Waals surface area contributed by atoms with Crippen LogP contribution in [0.5, 0.6) is 0 Å². The second kappa shape index (κ2) is 6.68. The number of benzene rings is 2. The summed E-state index contributed by atoms with van der Waals surface area (Å²) in [6.45, 7) is 1.85. The lowest BCUT2D eigenvalue weighted by Crippen LogP contribution is -2.36. The zero-order chi connectivity index (χ0) is 19.0. The Morgan fingerprint density at radius 2 is 1.89 bits per heavy atom. The van der Waals surface area contributed by atoms with Crippen LogP contribution in [0.3, 0.4) is 0 Å². The van der Waals surface area contributed by atoms with Crippen molar-refractivity contribution in [2.45, 2.75) is 19.4 Å². The van der Waals surface area contributed by atoms with Crippen molar-refractivity contribution in [3.05, 3.63) is 66.0 Å². The molecule has 0 aliphatic carbocycles. The molecule has 0 radical (unpaired) electrons. The monoisotopic (exact) mass is 364 g/mol. The van der Waals surface area contributed by atoms with E-state index in [4.69, 9.17) is 0 Å². The molecule has 6 nitrogen and oxygen atoms in total. The molecule has 0 saturated carbocycles. The summed E-state index contributed by atoms with van der Waals surface area (Å²) in [4.78, 5) is 24.9. The van der Waals surface area contributed by atoms with E-state index in [1.807, 2.05) is 37.3 Å². The fraction of sp³-hybridized carbons (Fsp3) is 0.150. The third-order valence-corrected chi connectivity index (χ3v) is 4.56. The minimum atomic E-state index is -0.857. The first-order valence-electron chi connectivity index (χ1n) is 8.54. The average Bonchev–Trinajstić information content (AvgIpc) is 3.00. The van der Waals surface area contributed by atoms with E-state index in [9.17, 15) is 14.0 Å². The van der Waals surface area contributed by atoms with Gasteiger partial charge in [0.1, 0.15) is 17.7 Å². The van der Waals surface area contributed by atoms with Crippen LogP contribution in [0.2, 0.25) is 0 Å². The van der Waals surface area contributed by atoms with E-state index in [0.29, 0.717) is 11.5 Å². The highest BCUT2D eigenvalue weighted by Crippen LogP contribution is 2.34. The molecule has 2 N–H and O–H groups in total. The van der Waals surface area contributed by atoms with E-state index >= 15 is 0 Å². The number of nitrogens with zero attached hydrogens (tertiary/aromatic N) is 2. The van der Waals surface area contributed by atoms with Gasteiger partial charge >= 0.3 is 0 Å². The molecular weight excluding hydrogens is 347 g/mol. The van der Waals surface area contributed by atoms with Crippen LogP contribution in [0.4, 0.5) is 15.9 Å². The number of aromatic nitrogens is 2. The van der Waals surface area contributed by atoms with Crippen molar-refractivity contribution in [1.82, 2.24) is 9.78 Å². The van der Waals surface area contributed by atoms with E-state index in [-0.39, 0.29) is 18.0 Å². The molecule has 0 unspecified atom stereocenters. The molecule has 0 saturated heterocycles. The van der Waals surface area contributed by atoms with E-state index in [1.54, 1.807) is 12.1 Å². The standard InChI is InChI=1S/C20H17FN4O2/c1-12-18(13-7-3-2-4-8-13)24-25-16(11-17(26)23-19(12)25)20(27)22-15-10-6-5-9-14(15)21/h2-10,16H,11H2,1H3,(H,22,27)(H,23,26)/t16-/m1/s1. The molecule has 4 rings (SSSR count). The number of rotatable bonds is 3. The number of hydrogen-bond acceptors (Lipinski definition) is 3. The van der Waals surface area contributed by atoms with Crippen LogP contribution < -0.4 is 10.6 Å². The maximum Gasteiger partial charge on any atom is 0.249 e. The van der Waals surface area contributed by atoms with E-state index in [2.05, 4.69) is 15.7 Å². The Balaban J connectivity index is 1.71. The van der Waals surface area contributed by atoms with Gasteiger partial charge in [0.25, 0.3) is 0 Å². The maximum absolute atomic E-state index is 13.9. The highest BCUT2D eigenvalue weighted by atomic mass is 19.1. The fourth-order valence-corrected chi connectivity index (χ4v) is 3.19.